The maximum absolute atomic E-state index is 12.1. The predicted octanol–water partition coefficient (Wildman–Crippen LogP) is 1.53. The third-order valence-electron chi connectivity index (χ3n) is 3.49. The van der Waals surface area contributed by atoms with E-state index in [9.17, 15) is 14.9 Å². The van der Waals surface area contributed by atoms with Gasteiger partial charge >= 0.3 is 0 Å². The summed E-state index contributed by atoms with van der Waals surface area (Å²) in [5, 5.41) is 22.3. The van der Waals surface area contributed by atoms with E-state index in [4.69, 9.17) is 11.0 Å². The molecule has 1 amide bonds. The minimum Gasteiger partial charge on any atom is -0.327 e. The molecule has 20 heavy (non-hydrogen) atoms. The number of benzene rings is 1. The zero-order chi connectivity index (χ0) is 14.7. The van der Waals surface area contributed by atoms with Crippen molar-refractivity contribution >= 4 is 17.3 Å². The molecule has 1 fully saturated rings. The smallest absolute Gasteiger partial charge is 0.294 e. The van der Waals surface area contributed by atoms with Gasteiger partial charge in [0.1, 0.15) is 5.69 Å². The van der Waals surface area contributed by atoms with Gasteiger partial charge in [-0.15, -0.1) is 0 Å². The first-order chi connectivity index (χ1) is 9.52. The standard InChI is InChI=1S/C13H14N4O3/c14-7-8-4-5-11(12(6-8)17(19)20)16-13(18)9-2-1-3-10(9)15/h4-6,9-10H,1-3,15H2,(H,16,18). The Kier molecular flexibility index (Phi) is 3.96. The Hall–Kier alpha value is -2.46. The summed E-state index contributed by atoms with van der Waals surface area (Å²) >= 11 is 0. The minimum atomic E-state index is -0.620. The molecule has 7 heteroatoms. The second-order valence-electron chi connectivity index (χ2n) is 4.79. The van der Waals surface area contributed by atoms with Crippen LogP contribution in [0.25, 0.3) is 0 Å². The number of hydrogen-bond acceptors (Lipinski definition) is 5. The summed E-state index contributed by atoms with van der Waals surface area (Å²) in [6, 6.07) is 5.57. The summed E-state index contributed by atoms with van der Waals surface area (Å²) in [7, 11) is 0. The first-order valence-electron chi connectivity index (χ1n) is 6.28. The number of nitriles is 1. The molecule has 1 aromatic rings. The van der Waals surface area contributed by atoms with Crippen molar-refractivity contribution in [3.63, 3.8) is 0 Å². The van der Waals surface area contributed by atoms with E-state index in [2.05, 4.69) is 5.32 Å². The second-order valence-corrected chi connectivity index (χ2v) is 4.79. The summed E-state index contributed by atoms with van der Waals surface area (Å²) in [4.78, 5) is 22.4. The van der Waals surface area contributed by atoms with Gasteiger partial charge in [-0.05, 0) is 25.0 Å². The number of anilines is 1. The number of nitrogens with zero attached hydrogens (tertiary/aromatic N) is 2. The number of rotatable bonds is 3. The Morgan fingerprint density at radius 2 is 2.25 bits per heavy atom. The predicted molar refractivity (Wildman–Crippen MR) is 71.8 cm³/mol. The summed E-state index contributed by atoms with van der Waals surface area (Å²) in [6.07, 6.45) is 2.36. The molecule has 2 rings (SSSR count). The van der Waals surface area contributed by atoms with Crippen LogP contribution >= 0.6 is 0 Å². The normalized spacial score (nSPS) is 21.2. The fourth-order valence-electron chi connectivity index (χ4n) is 2.40. The molecule has 1 saturated carbocycles. The summed E-state index contributed by atoms with van der Waals surface area (Å²) in [6.45, 7) is 0. The highest BCUT2D eigenvalue weighted by Crippen LogP contribution is 2.29. The number of nitro groups is 1. The molecular weight excluding hydrogens is 260 g/mol. The average molecular weight is 274 g/mol. The lowest BCUT2D eigenvalue weighted by Crippen LogP contribution is -2.34. The Morgan fingerprint density at radius 3 is 2.80 bits per heavy atom. The quantitative estimate of drug-likeness (QED) is 0.639. The largest absolute Gasteiger partial charge is 0.327 e. The van der Waals surface area contributed by atoms with E-state index in [1.165, 1.54) is 12.1 Å². The number of amides is 1. The van der Waals surface area contributed by atoms with Crippen LogP contribution in [0.2, 0.25) is 0 Å². The van der Waals surface area contributed by atoms with Crippen molar-refractivity contribution in [2.24, 2.45) is 11.7 Å². The van der Waals surface area contributed by atoms with Crippen LogP contribution in [0.1, 0.15) is 24.8 Å². The van der Waals surface area contributed by atoms with Gasteiger partial charge in [-0.25, -0.2) is 0 Å². The van der Waals surface area contributed by atoms with Crippen LogP contribution in [0.3, 0.4) is 0 Å². The molecule has 0 saturated heterocycles. The maximum atomic E-state index is 12.1. The first-order valence-corrected chi connectivity index (χ1v) is 6.28. The van der Waals surface area contributed by atoms with E-state index < -0.39 is 4.92 Å². The van der Waals surface area contributed by atoms with Gasteiger partial charge in [0.2, 0.25) is 5.91 Å². The van der Waals surface area contributed by atoms with Crippen molar-refractivity contribution in [3.8, 4) is 6.07 Å². The summed E-state index contributed by atoms with van der Waals surface area (Å²) in [5.41, 5.74) is 5.82. The number of nitrogens with two attached hydrogens (primary N) is 1. The van der Waals surface area contributed by atoms with Crippen LogP contribution < -0.4 is 11.1 Å². The van der Waals surface area contributed by atoms with Crippen LogP contribution in [-0.4, -0.2) is 16.9 Å². The minimum absolute atomic E-state index is 0.0955. The molecule has 0 aromatic heterocycles. The molecular formula is C13H14N4O3. The number of carbonyl (C=O) groups excluding carboxylic acids is 1. The van der Waals surface area contributed by atoms with Crippen molar-refractivity contribution in [2.45, 2.75) is 25.3 Å². The zero-order valence-electron chi connectivity index (χ0n) is 10.7. The highest BCUT2D eigenvalue weighted by molar-refractivity contribution is 5.95. The number of nitro benzene ring substituents is 1. The monoisotopic (exact) mass is 274 g/mol. The van der Waals surface area contributed by atoms with Crippen LogP contribution in [0.15, 0.2) is 18.2 Å². The summed E-state index contributed by atoms with van der Waals surface area (Å²) in [5.74, 6) is -0.618. The maximum Gasteiger partial charge on any atom is 0.294 e. The third kappa shape index (κ3) is 2.75. The summed E-state index contributed by atoms with van der Waals surface area (Å²) < 4.78 is 0. The lowest BCUT2D eigenvalue weighted by atomic mass is 10.0. The van der Waals surface area contributed by atoms with Crippen molar-refractivity contribution in [3.05, 3.63) is 33.9 Å². The highest BCUT2D eigenvalue weighted by atomic mass is 16.6. The molecule has 0 spiro atoms. The van der Waals surface area contributed by atoms with Crippen molar-refractivity contribution < 1.29 is 9.72 Å². The Bertz CT molecular complexity index is 594. The van der Waals surface area contributed by atoms with Crippen LogP contribution in [0.4, 0.5) is 11.4 Å². The lowest BCUT2D eigenvalue weighted by molar-refractivity contribution is -0.384. The van der Waals surface area contributed by atoms with Crippen molar-refractivity contribution in [2.75, 3.05) is 5.32 Å². The molecule has 0 bridgehead atoms. The molecule has 104 valence electrons. The van der Waals surface area contributed by atoms with E-state index in [-0.39, 0.29) is 34.8 Å². The second kappa shape index (κ2) is 5.67. The van der Waals surface area contributed by atoms with Crippen LogP contribution in [0.5, 0.6) is 0 Å². The number of hydrogen-bond donors (Lipinski definition) is 2. The molecule has 2 unspecified atom stereocenters. The van der Waals surface area contributed by atoms with Gasteiger partial charge in [0.05, 0.1) is 22.5 Å². The fourth-order valence-corrected chi connectivity index (χ4v) is 2.40. The Morgan fingerprint density at radius 1 is 1.50 bits per heavy atom. The molecule has 1 aliphatic rings. The van der Waals surface area contributed by atoms with Crippen molar-refractivity contribution in [1.82, 2.24) is 0 Å². The van der Waals surface area contributed by atoms with Gasteiger partial charge in [-0.2, -0.15) is 5.26 Å². The highest BCUT2D eigenvalue weighted by Gasteiger charge is 2.31. The van der Waals surface area contributed by atoms with E-state index in [0.717, 1.165) is 18.9 Å². The SMILES string of the molecule is N#Cc1ccc(NC(=O)C2CCCC2N)c([N+](=O)[O-])c1. The third-order valence-corrected chi connectivity index (χ3v) is 3.49. The fraction of sp³-hybridized carbons (Fsp3) is 0.385. The van der Waals surface area contributed by atoms with Gasteiger partial charge in [0, 0.05) is 12.1 Å². The lowest BCUT2D eigenvalue weighted by Gasteiger charge is -2.15. The van der Waals surface area contributed by atoms with E-state index in [1.807, 2.05) is 6.07 Å². The topological polar surface area (TPSA) is 122 Å². The molecule has 1 aliphatic carbocycles. The molecule has 0 aliphatic heterocycles. The molecule has 7 nitrogen and oxygen atoms in total. The van der Waals surface area contributed by atoms with Crippen LogP contribution in [0, 0.1) is 27.4 Å². The average Bonchev–Trinajstić information content (AvgIpc) is 2.85. The van der Waals surface area contributed by atoms with E-state index in [0.29, 0.717) is 6.42 Å². The molecule has 3 N–H and O–H groups in total. The Labute approximate surface area is 115 Å². The van der Waals surface area contributed by atoms with E-state index in [1.54, 1.807) is 0 Å². The van der Waals surface area contributed by atoms with Gasteiger partial charge in [-0.3, -0.25) is 14.9 Å². The van der Waals surface area contributed by atoms with Gasteiger partial charge in [0.15, 0.2) is 0 Å². The molecule has 0 heterocycles. The Balaban J connectivity index is 2.23. The molecule has 1 aromatic carbocycles. The van der Waals surface area contributed by atoms with Gasteiger partial charge in [-0.1, -0.05) is 6.42 Å². The van der Waals surface area contributed by atoms with Gasteiger partial charge < -0.3 is 11.1 Å². The first kappa shape index (κ1) is 14.0. The van der Waals surface area contributed by atoms with Gasteiger partial charge in [0.25, 0.3) is 5.69 Å². The molecule has 0 radical (unpaired) electrons. The number of carbonyl (C=O) groups is 1. The van der Waals surface area contributed by atoms with Crippen molar-refractivity contribution in [1.29, 1.82) is 5.26 Å². The molecule has 2 atom stereocenters. The zero-order valence-corrected chi connectivity index (χ0v) is 10.7. The van der Waals surface area contributed by atoms with E-state index >= 15 is 0 Å². The van der Waals surface area contributed by atoms with Crippen LogP contribution in [-0.2, 0) is 4.79 Å². The number of nitrogens with one attached hydrogen (secondary N) is 1.